The molecule has 66 valence electrons. The largest absolute Gasteiger partial charge is 0.350 e. The van der Waals surface area contributed by atoms with Gasteiger partial charge in [0.25, 0.3) is 0 Å². The van der Waals surface area contributed by atoms with Crippen molar-refractivity contribution < 1.29 is 4.79 Å². The van der Waals surface area contributed by atoms with Gasteiger partial charge in [-0.25, -0.2) is 0 Å². The molecule has 0 bridgehead atoms. The second-order valence-electron chi connectivity index (χ2n) is 2.33. The predicted molar refractivity (Wildman–Crippen MR) is 48.4 cm³/mol. The summed E-state index contributed by atoms with van der Waals surface area (Å²) in [7, 11) is 0. The Morgan fingerprint density at radius 1 is 1.83 bits per heavy atom. The Hall–Kier alpha value is -0.840. The number of halogens is 1. The molecule has 1 rings (SSSR count). The van der Waals surface area contributed by atoms with Crippen molar-refractivity contribution in [3.63, 3.8) is 0 Å². The van der Waals surface area contributed by atoms with E-state index in [4.69, 9.17) is 0 Å². The van der Waals surface area contributed by atoms with E-state index in [2.05, 4.69) is 31.4 Å². The smallest absolute Gasteiger partial charge is 0.220 e. The summed E-state index contributed by atoms with van der Waals surface area (Å²) in [6.45, 7) is 2.31. The maximum Gasteiger partial charge on any atom is 0.220 e. The summed E-state index contributed by atoms with van der Waals surface area (Å²) in [5.41, 5.74) is 0.886. The highest BCUT2D eigenvalue weighted by atomic mass is 79.9. The first kappa shape index (κ1) is 9.25. The van der Waals surface area contributed by atoms with Gasteiger partial charge in [-0.1, -0.05) is 6.92 Å². The highest BCUT2D eigenvalue weighted by Crippen LogP contribution is 2.11. The molecule has 0 aromatic carbocycles. The molecule has 1 aromatic rings. The van der Waals surface area contributed by atoms with E-state index in [1.807, 2.05) is 6.92 Å². The Morgan fingerprint density at radius 2 is 2.58 bits per heavy atom. The average Bonchev–Trinajstić information content (AvgIpc) is 2.47. The molecule has 4 nitrogen and oxygen atoms in total. The molecule has 0 spiro atoms. The highest BCUT2D eigenvalue weighted by molar-refractivity contribution is 9.10. The van der Waals surface area contributed by atoms with Gasteiger partial charge in [0.1, 0.15) is 0 Å². The van der Waals surface area contributed by atoms with E-state index in [1.54, 1.807) is 6.20 Å². The van der Waals surface area contributed by atoms with E-state index in [0.717, 1.165) is 10.2 Å². The summed E-state index contributed by atoms with van der Waals surface area (Å²) in [6, 6.07) is 0. The number of aromatic nitrogens is 2. The van der Waals surface area contributed by atoms with Crippen LogP contribution in [0.15, 0.2) is 10.7 Å². The lowest BCUT2D eigenvalue weighted by Gasteiger charge is -2.00. The SMILES string of the molecule is CCC(=O)NCc1[nH]ncc1Br. The minimum atomic E-state index is 0.0384. The first-order valence-corrected chi connectivity index (χ1v) is 4.47. The summed E-state index contributed by atoms with van der Waals surface area (Å²) in [5, 5.41) is 9.31. The van der Waals surface area contributed by atoms with Crippen LogP contribution in [0.5, 0.6) is 0 Å². The second-order valence-corrected chi connectivity index (χ2v) is 3.18. The van der Waals surface area contributed by atoms with Gasteiger partial charge in [-0.05, 0) is 15.9 Å². The zero-order valence-electron chi connectivity index (χ0n) is 6.72. The Bertz CT molecular complexity index is 271. The summed E-state index contributed by atoms with van der Waals surface area (Å²) in [4.78, 5) is 10.9. The molecule has 0 aliphatic carbocycles. The Labute approximate surface area is 78.9 Å². The Balaban J connectivity index is 2.43. The number of amides is 1. The molecule has 0 radical (unpaired) electrons. The van der Waals surface area contributed by atoms with Crippen LogP contribution in [0.2, 0.25) is 0 Å². The lowest BCUT2D eigenvalue weighted by molar-refractivity contribution is -0.120. The predicted octanol–water partition coefficient (Wildman–Crippen LogP) is 1.20. The van der Waals surface area contributed by atoms with Crippen LogP contribution in [0.4, 0.5) is 0 Å². The van der Waals surface area contributed by atoms with Crippen molar-refractivity contribution >= 4 is 21.8 Å². The maximum absolute atomic E-state index is 10.9. The van der Waals surface area contributed by atoms with Crippen LogP contribution in [-0.2, 0) is 11.3 Å². The topological polar surface area (TPSA) is 57.8 Å². The van der Waals surface area contributed by atoms with Gasteiger partial charge in [0, 0.05) is 6.42 Å². The number of H-pyrrole nitrogens is 1. The molecule has 0 unspecified atom stereocenters. The summed E-state index contributed by atoms with van der Waals surface area (Å²) >= 11 is 3.29. The van der Waals surface area contributed by atoms with Crippen molar-refractivity contribution in [2.45, 2.75) is 19.9 Å². The molecule has 2 N–H and O–H groups in total. The van der Waals surface area contributed by atoms with Gasteiger partial charge in [-0.2, -0.15) is 5.10 Å². The Morgan fingerprint density at radius 3 is 3.08 bits per heavy atom. The zero-order chi connectivity index (χ0) is 8.97. The van der Waals surface area contributed by atoms with Crippen molar-refractivity contribution in [1.82, 2.24) is 15.5 Å². The van der Waals surface area contributed by atoms with Gasteiger partial charge in [0.05, 0.1) is 22.9 Å². The van der Waals surface area contributed by atoms with Gasteiger partial charge in [-0.3, -0.25) is 9.89 Å². The van der Waals surface area contributed by atoms with Gasteiger partial charge >= 0.3 is 0 Å². The number of hydrogen-bond donors (Lipinski definition) is 2. The molecule has 1 aromatic heterocycles. The van der Waals surface area contributed by atoms with Crippen LogP contribution in [0.25, 0.3) is 0 Å². The van der Waals surface area contributed by atoms with Crippen molar-refractivity contribution in [3.05, 3.63) is 16.4 Å². The second kappa shape index (κ2) is 4.25. The molecule has 0 fully saturated rings. The van der Waals surface area contributed by atoms with Crippen LogP contribution in [0, 0.1) is 0 Å². The van der Waals surface area contributed by atoms with Crippen LogP contribution < -0.4 is 5.32 Å². The average molecular weight is 232 g/mol. The third kappa shape index (κ3) is 2.34. The fourth-order valence-electron chi connectivity index (χ4n) is 0.734. The molecule has 1 amide bonds. The van der Waals surface area contributed by atoms with Crippen molar-refractivity contribution in [2.75, 3.05) is 0 Å². The first-order valence-electron chi connectivity index (χ1n) is 3.68. The van der Waals surface area contributed by atoms with Crippen LogP contribution in [0.3, 0.4) is 0 Å². The van der Waals surface area contributed by atoms with Gasteiger partial charge in [0.2, 0.25) is 5.91 Å². The fourth-order valence-corrected chi connectivity index (χ4v) is 1.07. The molecular weight excluding hydrogens is 222 g/mol. The van der Waals surface area contributed by atoms with Crippen molar-refractivity contribution in [2.24, 2.45) is 0 Å². The van der Waals surface area contributed by atoms with Gasteiger partial charge < -0.3 is 5.32 Å². The lowest BCUT2D eigenvalue weighted by Crippen LogP contribution is -2.21. The molecule has 0 aliphatic heterocycles. The van der Waals surface area contributed by atoms with Crippen LogP contribution >= 0.6 is 15.9 Å². The van der Waals surface area contributed by atoms with Crippen molar-refractivity contribution in [3.8, 4) is 0 Å². The van der Waals surface area contributed by atoms with E-state index in [0.29, 0.717) is 13.0 Å². The maximum atomic E-state index is 10.9. The Kier molecular flexibility index (Phi) is 3.28. The summed E-state index contributed by atoms with van der Waals surface area (Å²) in [6.07, 6.45) is 2.17. The number of aromatic amines is 1. The number of hydrogen-bond acceptors (Lipinski definition) is 2. The number of rotatable bonds is 3. The van der Waals surface area contributed by atoms with E-state index < -0.39 is 0 Å². The van der Waals surface area contributed by atoms with Gasteiger partial charge in [0.15, 0.2) is 0 Å². The van der Waals surface area contributed by atoms with Crippen LogP contribution in [-0.4, -0.2) is 16.1 Å². The van der Waals surface area contributed by atoms with E-state index in [1.165, 1.54) is 0 Å². The molecule has 1 heterocycles. The van der Waals surface area contributed by atoms with E-state index in [9.17, 15) is 4.79 Å². The number of carbonyl (C=O) groups excluding carboxylic acids is 1. The van der Waals surface area contributed by atoms with E-state index >= 15 is 0 Å². The highest BCUT2D eigenvalue weighted by Gasteiger charge is 2.02. The van der Waals surface area contributed by atoms with Gasteiger partial charge in [-0.15, -0.1) is 0 Å². The third-order valence-corrected chi connectivity index (χ3v) is 2.13. The number of nitrogens with one attached hydrogen (secondary N) is 2. The third-order valence-electron chi connectivity index (χ3n) is 1.45. The molecular formula is C7H10BrN3O. The first-order chi connectivity index (χ1) is 5.74. The monoisotopic (exact) mass is 231 g/mol. The summed E-state index contributed by atoms with van der Waals surface area (Å²) < 4.78 is 0.888. The molecule has 5 heteroatoms. The minimum Gasteiger partial charge on any atom is -0.350 e. The molecule has 0 saturated heterocycles. The number of nitrogens with zero attached hydrogens (tertiary/aromatic N) is 1. The quantitative estimate of drug-likeness (QED) is 0.822. The zero-order valence-corrected chi connectivity index (χ0v) is 8.31. The molecule has 0 aliphatic rings. The molecule has 0 atom stereocenters. The minimum absolute atomic E-state index is 0.0384. The van der Waals surface area contributed by atoms with E-state index in [-0.39, 0.29) is 5.91 Å². The lowest BCUT2D eigenvalue weighted by atomic mass is 10.4. The number of carbonyl (C=O) groups is 1. The standard InChI is InChI=1S/C7H10BrN3O/c1-2-7(12)9-4-6-5(8)3-10-11-6/h3H,2,4H2,1H3,(H,9,12)(H,10,11). The fraction of sp³-hybridized carbons (Fsp3) is 0.429. The van der Waals surface area contributed by atoms with Crippen molar-refractivity contribution in [1.29, 1.82) is 0 Å². The molecule has 0 saturated carbocycles. The van der Waals surface area contributed by atoms with Crippen LogP contribution in [0.1, 0.15) is 19.0 Å². The summed E-state index contributed by atoms with van der Waals surface area (Å²) in [5.74, 6) is 0.0384. The molecule has 12 heavy (non-hydrogen) atoms. The normalized spacial score (nSPS) is 9.83.